The van der Waals surface area contributed by atoms with Crippen LogP contribution in [0.15, 0.2) is 48.5 Å². The molecule has 1 aliphatic heterocycles. The van der Waals surface area contributed by atoms with Crippen LogP contribution in [0, 0.1) is 0 Å². The van der Waals surface area contributed by atoms with Gasteiger partial charge in [0.2, 0.25) is 0 Å². The molecule has 26 heavy (non-hydrogen) atoms. The number of rotatable bonds is 5. The maximum atomic E-state index is 12.3. The van der Waals surface area contributed by atoms with E-state index >= 15 is 0 Å². The molecule has 4 heteroatoms. The van der Waals surface area contributed by atoms with E-state index < -0.39 is 5.60 Å². The molecule has 1 heterocycles. The average molecular weight is 353 g/mol. The van der Waals surface area contributed by atoms with E-state index in [4.69, 9.17) is 4.74 Å². The number of nitrogens with zero attached hydrogens (tertiary/aromatic N) is 1. The summed E-state index contributed by atoms with van der Waals surface area (Å²) in [6, 6.07) is 16.2. The fourth-order valence-electron chi connectivity index (χ4n) is 3.18. The molecule has 0 atom stereocenters. The summed E-state index contributed by atoms with van der Waals surface area (Å²) in [6.07, 6.45) is 2.18. The number of hydrogen-bond donors (Lipinski definition) is 1. The molecular weight excluding hydrogens is 326 g/mol. The van der Waals surface area contributed by atoms with Gasteiger partial charge < -0.3 is 14.7 Å². The monoisotopic (exact) mass is 353 g/mol. The lowest BCUT2D eigenvalue weighted by Gasteiger charge is -2.28. The fourth-order valence-corrected chi connectivity index (χ4v) is 3.18. The molecule has 0 saturated carbocycles. The third-order valence-corrected chi connectivity index (χ3v) is 4.77. The molecular formula is C22H27NO3. The van der Waals surface area contributed by atoms with Gasteiger partial charge in [-0.1, -0.05) is 48.5 Å². The van der Waals surface area contributed by atoms with E-state index in [9.17, 15) is 9.90 Å². The minimum atomic E-state index is -0.644. The lowest BCUT2D eigenvalue weighted by molar-refractivity contribution is 0.0713. The van der Waals surface area contributed by atoms with Crippen LogP contribution in [-0.4, -0.2) is 28.2 Å². The number of ether oxygens (including phenoxy) is 1. The van der Waals surface area contributed by atoms with Gasteiger partial charge in [-0.15, -0.1) is 0 Å². The summed E-state index contributed by atoms with van der Waals surface area (Å²) in [4.78, 5) is 14.1. The molecule has 2 aromatic rings. The Balaban J connectivity index is 1.56. The zero-order valence-corrected chi connectivity index (χ0v) is 15.6. The van der Waals surface area contributed by atoms with E-state index in [-0.39, 0.29) is 6.09 Å². The third kappa shape index (κ3) is 5.09. The summed E-state index contributed by atoms with van der Waals surface area (Å²) in [5.41, 5.74) is 4.07. The first kappa shape index (κ1) is 18.5. The Labute approximate surface area is 155 Å². The molecule has 0 aromatic heterocycles. The number of benzene rings is 2. The van der Waals surface area contributed by atoms with E-state index in [1.54, 1.807) is 4.90 Å². The van der Waals surface area contributed by atoms with Crippen LogP contribution >= 0.6 is 0 Å². The van der Waals surface area contributed by atoms with Crippen molar-refractivity contribution in [1.82, 2.24) is 4.90 Å². The number of aryl methyl sites for hydroxylation is 1. The minimum Gasteiger partial charge on any atom is -0.445 e. The average Bonchev–Trinajstić information content (AvgIpc) is 2.64. The zero-order valence-electron chi connectivity index (χ0n) is 15.6. The Bertz CT molecular complexity index is 750. The van der Waals surface area contributed by atoms with Crippen molar-refractivity contribution in [2.24, 2.45) is 0 Å². The normalized spacial score (nSPS) is 14.0. The molecule has 0 saturated heterocycles. The van der Waals surface area contributed by atoms with E-state index in [1.165, 1.54) is 16.7 Å². The van der Waals surface area contributed by atoms with Crippen molar-refractivity contribution in [2.45, 2.75) is 51.9 Å². The van der Waals surface area contributed by atoms with Crippen LogP contribution < -0.4 is 0 Å². The summed E-state index contributed by atoms with van der Waals surface area (Å²) < 4.78 is 5.44. The number of carbonyl (C=O) groups excluding carboxylic acids is 1. The van der Waals surface area contributed by atoms with E-state index in [0.717, 1.165) is 24.8 Å². The highest BCUT2D eigenvalue weighted by atomic mass is 16.6. The van der Waals surface area contributed by atoms with Crippen LogP contribution in [0.3, 0.4) is 0 Å². The molecule has 3 rings (SSSR count). The summed E-state index contributed by atoms with van der Waals surface area (Å²) in [7, 11) is 0. The lowest BCUT2D eigenvalue weighted by Crippen LogP contribution is -2.36. The lowest BCUT2D eigenvalue weighted by atomic mass is 9.93. The van der Waals surface area contributed by atoms with Crippen molar-refractivity contribution in [2.75, 3.05) is 6.54 Å². The predicted octanol–water partition coefficient (Wildman–Crippen LogP) is 4.09. The van der Waals surface area contributed by atoms with Crippen molar-refractivity contribution in [3.05, 3.63) is 70.8 Å². The largest absolute Gasteiger partial charge is 0.445 e. The van der Waals surface area contributed by atoms with Crippen molar-refractivity contribution < 1.29 is 14.6 Å². The summed E-state index contributed by atoms with van der Waals surface area (Å²) in [6.45, 7) is 5.25. The van der Waals surface area contributed by atoms with Crippen LogP contribution in [0.25, 0.3) is 0 Å². The van der Waals surface area contributed by atoms with Gasteiger partial charge in [0.15, 0.2) is 0 Å². The molecule has 2 aromatic carbocycles. The Morgan fingerprint density at radius 2 is 1.88 bits per heavy atom. The van der Waals surface area contributed by atoms with Crippen LogP contribution in [0.4, 0.5) is 4.79 Å². The van der Waals surface area contributed by atoms with E-state index in [1.807, 2.05) is 44.2 Å². The van der Waals surface area contributed by atoms with Gasteiger partial charge in [-0.2, -0.15) is 0 Å². The molecule has 0 bridgehead atoms. The highest BCUT2D eigenvalue weighted by Crippen LogP contribution is 2.23. The number of carbonyl (C=O) groups is 1. The Hall–Kier alpha value is -2.33. The zero-order chi connectivity index (χ0) is 18.6. The molecule has 0 spiro atoms. The topological polar surface area (TPSA) is 49.8 Å². The fraction of sp³-hybridized carbons (Fsp3) is 0.409. The molecule has 0 fully saturated rings. The summed E-state index contributed by atoms with van der Waals surface area (Å²) in [5.74, 6) is 0. The maximum absolute atomic E-state index is 12.3. The van der Waals surface area contributed by atoms with Crippen molar-refractivity contribution in [3.8, 4) is 0 Å². The summed E-state index contributed by atoms with van der Waals surface area (Å²) >= 11 is 0. The van der Waals surface area contributed by atoms with Gasteiger partial charge in [-0.05, 0) is 55.4 Å². The second-order valence-electron chi connectivity index (χ2n) is 7.63. The number of aliphatic hydroxyl groups is 1. The van der Waals surface area contributed by atoms with Gasteiger partial charge in [-0.3, -0.25) is 0 Å². The SMILES string of the molecule is CC(C)(O)CCc1ccc2c(c1)CCN(C(=O)OCc1ccccc1)C2. The van der Waals surface area contributed by atoms with E-state index in [2.05, 4.69) is 18.2 Å². The smallest absolute Gasteiger partial charge is 0.410 e. The quantitative estimate of drug-likeness (QED) is 0.881. The molecule has 1 aliphatic rings. The standard InChI is InChI=1S/C22H27NO3/c1-22(2,25)12-10-17-8-9-20-15-23(13-11-19(20)14-17)21(24)26-16-18-6-4-3-5-7-18/h3-9,14,25H,10-13,15-16H2,1-2H3. The summed E-state index contributed by atoms with van der Waals surface area (Å²) in [5, 5.41) is 9.89. The third-order valence-electron chi connectivity index (χ3n) is 4.77. The first-order chi connectivity index (χ1) is 12.4. The molecule has 0 unspecified atom stereocenters. The Morgan fingerprint density at radius 1 is 1.12 bits per heavy atom. The molecule has 1 amide bonds. The number of hydrogen-bond acceptors (Lipinski definition) is 3. The van der Waals surface area contributed by atoms with Gasteiger partial charge in [0.05, 0.1) is 5.60 Å². The second-order valence-corrected chi connectivity index (χ2v) is 7.63. The first-order valence-corrected chi connectivity index (χ1v) is 9.19. The molecule has 0 radical (unpaired) electrons. The molecule has 1 N–H and O–H groups in total. The predicted molar refractivity (Wildman–Crippen MR) is 102 cm³/mol. The van der Waals surface area contributed by atoms with Gasteiger partial charge in [0.1, 0.15) is 6.61 Å². The number of amides is 1. The highest BCUT2D eigenvalue weighted by Gasteiger charge is 2.22. The van der Waals surface area contributed by atoms with Crippen LogP contribution in [0.2, 0.25) is 0 Å². The Morgan fingerprint density at radius 3 is 2.62 bits per heavy atom. The van der Waals surface area contributed by atoms with Gasteiger partial charge in [0, 0.05) is 13.1 Å². The van der Waals surface area contributed by atoms with Crippen LogP contribution in [-0.2, 0) is 30.7 Å². The number of fused-ring (bicyclic) bond motifs is 1. The van der Waals surface area contributed by atoms with Gasteiger partial charge in [-0.25, -0.2) is 4.79 Å². The first-order valence-electron chi connectivity index (χ1n) is 9.19. The minimum absolute atomic E-state index is 0.259. The van der Waals surface area contributed by atoms with Gasteiger partial charge >= 0.3 is 6.09 Å². The molecule has 138 valence electrons. The maximum Gasteiger partial charge on any atom is 0.410 e. The van der Waals surface area contributed by atoms with Crippen molar-refractivity contribution in [3.63, 3.8) is 0 Å². The Kier molecular flexibility index (Phi) is 5.62. The van der Waals surface area contributed by atoms with Crippen LogP contribution in [0.5, 0.6) is 0 Å². The molecule has 0 aliphatic carbocycles. The van der Waals surface area contributed by atoms with Crippen LogP contribution in [0.1, 0.15) is 42.5 Å². The second kappa shape index (κ2) is 7.92. The van der Waals surface area contributed by atoms with Crippen molar-refractivity contribution >= 4 is 6.09 Å². The molecule has 4 nitrogen and oxygen atoms in total. The highest BCUT2D eigenvalue weighted by molar-refractivity contribution is 5.68. The van der Waals surface area contributed by atoms with Gasteiger partial charge in [0.25, 0.3) is 0 Å². The van der Waals surface area contributed by atoms with E-state index in [0.29, 0.717) is 19.7 Å². The van der Waals surface area contributed by atoms with Crippen molar-refractivity contribution in [1.29, 1.82) is 0 Å².